The Kier molecular flexibility index (Phi) is 3.71. The lowest BCUT2D eigenvalue weighted by Gasteiger charge is -2.12. The van der Waals surface area contributed by atoms with Crippen LogP contribution in [0.5, 0.6) is 0 Å². The van der Waals surface area contributed by atoms with Crippen LogP contribution in [-0.2, 0) is 7.05 Å². The van der Waals surface area contributed by atoms with E-state index in [1.807, 2.05) is 0 Å². The van der Waals surface area contributed by atoms with Gasteiger partial charge in [-0.3, -0.25) is 9.36 Å². The van der Waals surface area contributed by atoms with Gasteiger partial charge < -0.3 is 14.8 Å². The summed E-state index contributed by atoms with van der Waals surface area (Å²) < 4.78 is 6.44. The van der Waals surface area contributed by atoms with Gasteiger partial charge >= 0.3 is 5.76 Å². The van der Waals surface area contributed by atoms with E-state index in [4.69, 9.17) is 9.52 Å². The van der Waals surface area contributed by atoms with Crippen molar-refractivity contribution in [3.63, 3.8) is 0 Å². The van der Waals surface area contributed by atoms with E-state index >= 15 is 0 Å². The van der Waals surface area contributed by atoms with Gasteiger partial charge in [0.2, 0.25) is 0 Å². The van der Waals surface area contributed by atoms with Crippen LogP contribution in [0.1, 0.15) is 23.7 Å². The second-order valence-corrected chi connectivity index (χ2v) is 4.47. The number of benzene rings is 1. The van der Waals surface area contributed by atoms with Crippen LogP contribution in [0.2, 0.25) is 0 Å². The number of amides is 1. The van der Waals surface area contributed by atoms with Crippen molar-refractivity contribution in [2.45, 2.75) is 19.4 Å². The van der Waals surface area contributed by atoms with Crippen molar-refractivity contribution in [3.8, 4) is 0 Å². The number of carbonyl (C=O) groups excluding carboxylic acids is 1. The zero-order valence-electron chi connectivity index (χ0n) is 10.8. The van der Waals surface area contributed by atoms with Gasteiger partial charge in [0.25, 0.3) is 5.91 Å². The highest BCUT2D eigenvalue weighted by atomic mass is 16.4. The van der Waals surface area contributed by atoms with Gasteiger partial charge in [-0.15, -0.1) is 0 Å². The third-order valence-corrected chi connectivity index (χ3v) is 3.00. The summed E-state index contributed by atoms with van der Waals surface area (Å²) in [7, 11) is 1.59. The maximum atomic E-state index is 12.1. The Balaban J connectivity index is 2.37. The number of nitrogens with zero attached hydrogens (tertiary/aromatic N) is 1. The van der Waals surface area contributed by atoms with E-state index < -0.39 is 5.76 Å². The van der Waals surface area contributed by atoms with Crippen LogP contribution >= 0.6 is 0 Å². The molecule has 0 saturated carbocycles. The van der Waals surface area contributed by atoms with Gasteiger partial charge in [0.15, 0.2) is 5.58 Å². The summed E-state index contributed by atoms with van der Waals surface area (Å²) in [5, 5.41) is 11.6. The maximum Gasteiger partial charge on any atom is 0.419 e. The van der Waals surface area contributed by atoms with Gasteiger partial charge in [0.1, 0.15) is 0 Å². The first-order valence-electron chi connectivity index (χ1n) is 6.05. The van der Waals surface area contributed by atoms with Crippen LogP contribution in [0.25, 0.3) is 11.1 Å². The molecule has 1 amide bonds. The fraction of sp³-hybridized carbons (Fsp3) is 0.385. The predicted molar refractivity (Wildman–Crippen MR) is 70.1 cm³/mol. The van der Waals surface area contributed by atoms with Crippen LogP contribution in [0.4, 0.5) is 0 Å². The van der Waals surface area contributed by atoms with Crippen molar-refractivity contribution >= 4 is 17.0 Å². The summed E-state index contributed by atoms with van der Waals surface area (Å²) in [6.07, 6.45) is 0.473. The van der Waals surface area contributed by atoms with E-state index in [-0.39, 0.29) is 24.1 Å². The summed E-state index contributed by atoms with van der Waals surface area (Å²) in [5.41, 5.74) is 1.18. The van der Waals surface area contributed by atoms with Crippen LogP contribution in [0, 0.1) is 0 Å². The Labute approximate surface area is 109 Å². The Bertz CT molecular complexity index is 656. The number of fused-ring (bicyclic) bond motifs is 1. The van der Waals surface area contributed by atoms with Gasteiger partial charge in [-0.25, -0.2) is 4.79 Å². The second kappa shape index (κ2) is 5.27. The lowest BCUT2D eigenvalue weighted by molar-refractivity contribution is 0.0935. The molecule has 0 aliphatic rings. The van der Waals surface area contributed by atoms with Gasteiger partial charge in [-0.2, -0.15) is 0 Å². The van der Waals surface area contributed by atoms with E-state index in [2.05, 4.69) is 5.32 Å². The van der Waals surface area contributed by atoms with Crippen molar-refractivity contribution in [2.24, 2.45) is 7.05 Å². The normalized spacial score (nSPS) is 12.6. The van der Waals surface area contributed by atoms with Crippen molar-refractivity contribution in [3.05, 3.63) is 34.3 Å². The minimum Gasteiger partial charge on any atom is -0.407 e. The number of aryl methyl sites for hydroxylation is 1. The highest BCUT2D eigenvalue weighted by molar-refractivity contribution is 6.04. The van der Waals surface area contributed by atoms with E-state index in [1.165, 1.54) is 4.57 Å². The quantitative estimate of drug-likeness (QED) is 0.848. The molecule has 1 atom stereocenters. The monoisotopic (exact) mass is 264 g/mol. The highest BCUT2D eigenvalue weighted by Gasteiger charge is 2.17. The molecular formula is C13H16N2O4. The number of aliphatic hydroxyl groups excluding tert-OH is 1. The van der Waals surface area contributed by atoms with Crippen molar-refractivity contribution in [1.29, 1.82) is 0 Å². The number of rotatable bonds is 4. The smallest absolute Gasteiger partial charge is 0.407 e. The number of hydrogen-bond acceptors (Lipinski definition) is 4. The highest BCUT2D eigenvalue weighted by Crippen LogP contribution is 2.17. The third-order valence-electron chi connectivity index (χ3n) is 3.00. The molecule has 0 spiro atoms. The molecule has 1 aromatic heterocycles. The molecule has 6 nitrogen and oxygen atoms in total. The molecule has 0 fully saturated rings. The van der Waals surface area contributed by atoms with Crippen molar-refractivity contribution in [1.82, 2.24) is 9.88 Å². The summed E-state index contributed by atoms with van der Waals surface area (Å²) in [5.74, 6) is -0.820. The van der Waals surface area contributed by atoms with Gasteiger partial charge in [0, 0.05) is 19.7 Å². The first-order valence-corrected chi connectivity index (χ1v) is 6.05. The van der Waals surface area contributed by atoms with Crippen LogP contribution in [0.15, 0.2) is 27.4 Å². The minimum absolute atomic E-state index is 0.00602. The van der Waals surface area contributed by atoms with E-state index in [9.17, 15) is 9.59 Å². The first kappa shape index (κ1) is 13.4. The molecule has 1 heterocycles. The molecule has 102 valence electrons. The Hall–Kier alpha value is -2.08. The molecule has 0 radical (unpaired) electrons. The Morgan fingerprint density at radius 2 is 2.26 bits per heavy atom. The zero-order valence-corrected chi connectivity index (χ0v) is 10.8. The second-order valence-electron chi connectivity index (χ2n) is 4.47. The molecule has 19 heavy (non-hydrogen) atoms. The SMILES string of the molecule is CC(CCO)NC(=O)c1cccc2c1oc(=O)n2C. The molecular weight excluding hydrogens is 248 g/mol. The Morgan fingerprint density at radius 3 is 2.95 bits per heavy atom. The fourth-order valence-electron chi connectivity index (χ4n) is 1.90. The average molecular weight is 264 g/mol. The lowest BCUT2D eigenvalue weighted by Crippen LogP contribution is -2.33. The molecule has 1 aromatic carbocycles. The summed E-state index contributed by atoms with van der Waals surface area (Å²) in [6.45, 7) is 1.81. The van der Waals surface area contributed by atoms with Crippen LogP contribution in [-0.4, -0.2) is 28.2 Å². The third kappa shape index (κ3) is 2.53. The van der Waals surface area contributed by atoms with Gasteiger partial charge in [-0.1, -0.05) is 6.07 Å². The number of para-hydroxylation sites is 1. The zero-order chi connectivity index (χ0) is 14.0. The standard InChI is InChI=1S/C13H16N2O4/c1-8(6-7-16)14-12(17)9-4-3-5-10-11(9)19-13(18)15(10)2/h3-5,8,16H,6-7H2,1-2H3,(H,14,17). The molecule has 2 rings (SSSR count). The minimum atomic E-state index is -0.501. The molecule has 6 heteroatoms. The predicted octanol–water partition coefficient (Wildman–Crippen LogP) is 0.632. The number of oxazole rings is 1. The van der Waals surface area contributed by atoms with E-state index in [0.717, 1.165) is 0 Å². The van der Waals surface area contributed by atoms with E-state index in [0.29, 0.717) is 17.5 Å². The summed E-state index contributed by atoms with van der Waals surface area (Å²) in [6, 6.07) is 4.87. The largest absolute Gasteiger partial charge is 0.419 e. The number of hydrogen-bond donors (Lipinski definition) is 2. The lowest BCUT2D eigenvalue weighted by atomic mass is 10.1. The molecule has 2 aromatic rings. The number of aromatic nitrogens is 1. The number of nitrogens with one attached hydrogen (secondary N) is 1. The first-order chi connectivity index (χ1) is 9.04. The van der Waals surface area contributed by atoms with Crippen molar-refractivity contribution < 1.29 is 14.3 Å². The molecule has 0 saturated heterocycles. The Morgan fingerprint density at radius 1 is 1.53 bits per heavy atom. The summed E-state index contributed by atoms with van der Waals surface area (Å²) >= 11 is 0. The van der Waals surface area contributed by atoms with Crippen LogP contribution < -0.4 is 11.1 Å². The molecule has 0 aliphatic carbocycles. The van der Waals surface area contributed by atoms with Crippen molar-refractivity contribution in [2.75, 3.05) is 6.61 Å². The molecule has 0 aliphatic heterocycles. The van der Waals surface area contributed by atoms with Crippen LogP contribution in [0.3, 0.4) is 0 Å². The summed E-state index contributed by atoms with van der Waals surface area (Å²) in [4.78, 5) is 23.6. The number of aliphatic hydroxyl groups is 1. The number of carbonyl (C=O) groups is 1. The molecule has 2 N–H and O–H groups in total. The fourth-order valence-corrected chi connectivity index (χ4v) is 1.90. The topological polar surface area (TPSA) is 84.5 Å². The van der Waals surface area contributed by atoms with Gasteiger partial charge in [-0.05, 0) is 25.5 Å². The molecule has 0 bridgehead atoms. The maximum absolute atomic E-state index is 12.1. The van der Waals surface area contributed by atoms with E-state index in [1.54, 1.807) is 32.2 Å². The van der Waals surface area contributed by atoms with Gasteiger partial charge in [0.05, 0.1) is 11.1 Å². The molecule has 1 unspecified atom stereocenters. The average Bonchev–Trinajstić information content (AvgIpc) is 2.65.